The molecule has 0 saturated heterocycles. The van der Waals surface area contributed by atoms with Crippen molar-refractivity contribution >= 4 is 46.9 Å². The second kappa shape index (κ2) is 13.2. The molecule has 1 aliphatic heterocycles. The number of carbonyl (C=O) groups excluding carboxylic acids is 3. The number of benzene rings is 1. The Labute approximate surface area is 265 Å². The highest BCUT2D eigenvalue weighted by atomic mass is 35.5. The first-order chi connectivity index (χ1) is 20.6. The number of amides is 2. The monoisotopic (exact) mass is 648 g/mol. The van der Waals surface area contributed by atoms with Gasteiger partial charge in [0.2, 0.25) is 0 Å². The molecule has 1 aromatic carbocycles. The number of allylic oxidation sites excluding steroid dienone is 1. The fourth-order valence-corrected chi connectivity index (χ4v) is 6.14. The number of halogens is 2. The molecule has 2 aliphatic rings. The van der Waals surface area contributed by atoms with Crippen molar-refractivity contribution in [3.8, 4) is 0 Å². The van der Waals surface area contributed by atoms with Gasteiger partial charge in [0.15, 0.2) is 10.8 Å². The Morgan fingerprint density at radius 1 is 1.05 bits per heavy atom. The topological polar surface area (TPSA) is 119 Å². The summed E-state index contributed by atoms with van der Waals surface area (Å²) in [4.78, 5) is 50.6. The van der Waals surface area contributed by atoms with Gasteiger partial charge in [-0.3, -0.25) is 0 Å². The van der Waals surface area contributed by atoms with Crippen LogP contribution in [0.2, 0.25) is 5.02 Å². The lowest BCUT2D eigenvalue weighted by molar-refractivity contribution is -0.136. The molecule has 44 heavy (non-hydrogen) atoms. The first-order valence-electron chi connectivity index (χ1n) is 14.4. The van der Waals surface area contributed by atoms with Crippen LogP contribution in [0.25, 0.3) is 0 Å². The predicted octanol–water partition coefficient (Wildman–Crippen LogP) is 7.18. The number of aromatic nitrogens is 1. The number of nitrogens with one attached hydrogen (secondary N) is 1. The second-order valence-corrected chi connectivity index (χ2v) is 14.0. The molecule has 238 valence electrons. The fourth-order valence-electron chi connectivity index (χ4n) is 5.25. The maximum absolute atomic E-state index is 14.2. The zero-order valence-electron chi connectivity index (χ0n) is 25.9. The zero-order valence-corrected chi connectivity index (χ0v) is 27.5. The molecule has 1 saturated carbocycles. The van der Waals surface area contributed by atoms with Crippen LogP contribution in [0.4, 0.5) is 14.0 Å². The maximum atomic E-state index is 14.2. The molecule has 0 spiro atoms. The smallest absolute Gasteiger partial charge is 0.416 e. The molecule has 0 radical (unpaired) electrons. The van der Waals surface area contributed by atoms with Crippen LogP contribution in [-0.2, 0) is 19.0 Å². The number of amidine groups is 1. The number of aliphatic imine (C=N–C) groups is 1. The third kappa shape index (κ3) is 7.95. The van der Waals surface area contributed by atoms with E-state index in [1.807, 2.05) is 0 Å². The first-order valence-corrected chi connectivity index (χ1v) is 15.6. The molecule has 1 unspecified atom stereocenters. The minimum Gasteiger partial charge on any atom is -0.466 e. The lowest BCUT2D eigenvalue weighted by Crippen LogP contribution is -2.48. The average Bonchev–Trinajstić information content (AvgIpc) is 3.45. The lowest BCUT2D eigenvalue weighted by Gasteiger charge is -2.40. The number of thiazole rings is 1. The van der Waals surface area contributed by atoms with E-state index in [2.05, 4.69) is 10.3 Å². The van der Waals surface area contributed by atoms with Crippen molar-refractivity contribution in [1.29, 1.82) is 0 Å². The number of hydrogen-bond acceptors (Lipinski definition) is 9. The molecule has 1 N–H and O–H groups in total. The summed E-state index contributed by atoms with van der Waals surface area (Å²) in [7, 11) is 1.25. The average molecular weight is 649 g/mol. The fraction of sp³-hybridized carbons (Fsp3) is 0.516. The first kappa shape index (κ1) is 33.4. The number of esters is 1. The normalized spacial score (nSPS) is 21.0. The molecular weight excluding hydrogens is 611 g/mol. The predicted molar refractivity (Wildman–Crippen MR) is 165 cm³/mol. The van der Waals surface area contributed by atoms with Crippen LogP contribution in [0, 0.1) is 11.7 Å². The number of ether oxygens (including phenoxy) is 3. The molecule has 2 aromatic rings. The van der Waals surface area contributed by atoms with Gasteiger partial charge in [0.25, 0.3) is 0 Å². The number of hydrogen-bond donors (Lipinski definition) is 1. The highest BCUT2D eigenvalue weighted by Crippen LogP contribution is 2.45. The van der Waals surface area contributed by atoms with Crippen molar-refractivity contribution in [2.24, 2.45) is 10.9 Å². The molecule has 1 fully saturated rings. The van der Waals surface area contributed by atoms with E-state index in [4.69, 9.17) is 30.8 Å². The van der Waals surface area contributed by atoms with Crippen molar-refractivity contribution in [3.05, 3.63) is 62.5 Å². The van der Waals surface area contributed by atoms with E-state index in [0.29, 0.717) is 42.0 Å². The van der Waals surface area contributed by atoms with Gasteiger partial charge < -0.3 is 19.5 Å². The van der Waals surface area contributed by atoms with Crippen LogP contribution in [0.5, 0.6) is 0 Å². The van der Waals surface area contributed by atoms with E-state index in [0.717, 1.165) is 6.07 Å². The van der Waals surface area contributed by atoms with Crippen LogP contribution < -0.4 is 5.32 Å². The van der Waals surface area contributed by atoms with Gasteiger partial charge in [-0.1, -0.05) is 17.7 Å². The quantitative estimate of drug-likeness (QED) is 0.269. The SMILES string of the molecule is COC(=O)C1=C([C@H]2CC[C@H](NC(=O)OC(C)(C)C)CC2)N=C(c2nccs2)N(C(=O)OC(C)(C)C)C1c1ccc(F)cc1Cl. The molecule has 1 atom stereocenters. The van der Waals surface area contributed by atoms with Crippen molar-refractivity contribution in [2.75, 3.05) is 7.11 Å². The summed E-state index contributed by atoms with van der Waals surface area (Å²) in [5.41, 5.74) is -0.710. The number of methoxy groups -OCH3 is 1. The number of alkyl carbamates (subject to hydrolysis) is 1. The van der Waals surface area contributed by atoms with Crippen LogP contribution >= 0.6 is 22.9 Å². The minimum atomic E-state index is -1.16. The Morgan fingerprint density at radius 2 is 1.70 bits per heavy atom. The Morgan fingerprint density at radius 3 is 2.25 bits per heavy atom. The summed E-state index contributed by atoms with van der Waals surface area (Å²) < 4.78 is 30.7. The van der Waals surface area contributed by atoms with Gasteiger partial charge in [-0.25, -0.2) is 33.7 Å². The maximum Gasteiger partial charge on any atom is 0.416 e. The second-order valence-electron chi connectivity index (χ2n) is 12.7. The van der Waals surface area contributed by atoms with E-state index < -0.39 is 41.2 Å². The lowest BCUT2D eigenvalue weighted by atomic mass is 9.80. The minimum absolute atomic E-state index is 0.00923. The molecular formula is C31H38ClFN4O6S. The highest BCUT2D eigenvalue weighted by Gasteiger charge is 2.46. The molecule has 4 rings (SSSR count). The summed E-state index contributed by atoms with van der Waals surface area (Å²) in [5, 5.41) is 5.11. The van der Waals surface area contributed by atoms with E-state index in [1.165, 1.54) is 35.5 Å². The molecule has 1 aliphatic carbocycles. The van der Waals surface area contributed by atoms with Gasteiger partial charge in [-0.05, 0) is 84.9 Å². The molecule has 13 heteroatoms. The zero-order chi connectivity index (χ0) is 32.4. The summed E-state index contributed by atoms with van der Waals surface area (Å²) >= 11 is 7.86. The standard InChI is InChI=1S/C31H38ClFN4O6S/c1-30(2,3)42-28(39)35-19-11-8-17(9-12-19)23-22(27(38)41-7)24(20-13-10-18(33)16-21(20)32)37(29(40)43-31(4,5)6)25(36-23)26-34-14-15-44-26/h10,13-17,19,24H,8-9,11-12H2,1-7H3,(H,35,39)/t17-,19-,24?. The van der Waals surface area contributed by atoms with Gasteiger partial charge in [0.1, 0.15) is 23.1 Å². The van der Waals surface area contributed by atoms with Crippen molar-refractivity contribution in [3.63, 3.8) is 0 Å². The van der Waals surface area contributed by atoms with Crippen LogP contribution in [0.15, 0.2) is 46.0 Å². The summed E-state index contributed by atoms with van der Waals surface area (Å²) in [6.45, 7) is 10.6. The van der Waals surface area contributed by atoms with Crippen molar-refractivity contribution in [1.82, 2.24) is 15.2 Å². The molecule has 0 bridgehead atoms. The van der Waals surface area contributed by atoms with Crippen molar-refractivity contribution in [2.45, 2.75) is 90.5 Å². The number of carbonyl (C=O) groups is 3. The van der Waals surface area contributed by atoms with E-state index in [1.54, 1.807) is 53.1 Å². The van der Waals surface area contributed by atoms with Crippen LogP contribution in [0.3, 0.4) is 0 Å². The number of nitrogens with zero attached hydrogens (tertiary/aromatic N) is 3. The van der Waals surface area contributed by atoms with Gasteiger partial charge in [0, 0.05) is 28.6 Å². The molecule has 2 heterocycles. The van der Waals surface area contributed by atoms with Crippen LogP contribution in [-0.4, -0.2) is 58.2 Å². The van der Waals surface area contributed by atoms with E-state index >= 15 is 0 Å². The Kier molecular flexibility index (Phi) is 10.0. The molecule has 1 aromatic heterocycles. The molecule has 10 nitrogen and oxygen atoms in total. The van der Waals surface area contributed by atoms with Gasteiger partial charge in [-0.15, -0.1) is 11.3 Å². The van der Waals surface area contributed by atoms with E-state index in [9.17, 15) is 18.8 Å². The van der Waals surface area contributed by atoms with Crippen molar-refractivity contribution < 1.29 is 33.0 Å². The molecule has 2 amide bonds. The van der Waals surface area contributed by atoms with Crippen LogP contribution in [0.1, 0.15) is 83.8 Å². The van der Waals surface area contributed by atoms with Gasteiger partial charge in [-0.2, -0.15) is 0 Å². The number of rotatable bonds is 5. The third-order valence-corrected chi connectivity index (χ3v) is 8.07. The Bertz CT molecular complexity index is 1460. The summed E-state index contributed by atoms with van der Waals surface area (Å²) in [6.07, 6.45) is 2.65. The highest BCUT2D eigenvalue weighted by molar-refractivity contribution is 7.11. The largest absolute Gasteiger partial charge is 0.466 e. The summed E-state index contributed by atoms with van der Waals surface area (Å²) in [6, 6.07) is 2.49. The van der Waals surface area contributed by atoms with E-state index in [-0.39, 0.29) is 28.4 Å². The Balaban J connectivity index is 1.83. The Hall–Kier alpha value is -3.51. The van der Waals surface area contributed by atoms with Gasteiger partial charge in [0.05, 0.1) is 18.4 Å². The van der Waals surface area contributed by atoms with Gasteiger partial charge >= 0.3 is 18.2 Å². The summed E-state index contributed by atoms with van der Waals surface area (Å²) in [5.74, 6) is -1.35. The third-order valence-electron chi connectivity index (χ3n) is 6.97.